The van der Waals surface area contributed by atoms with E-state index in [1.807, 2.05) is 65.0 Å². The number of hydrogen-bond acceptors (Lipinski definition) is 5. The molecule has 34 heavy (non-hydrogen) atoms. The van der Waals surface area contributed by atoms with Crippen LogP contribution in [0.1, 0.15) is 27.8 Å². The van der Waals surface area contributed by atoms with Gasteiger partial charge in [0.1, 0.15) is 28.7 Å². The molecule has 4 aromatic rings. The topological polar surface area (TPSA) is 73.2 Å². The van der Waals surface area contributed by atoms with E-state index in [1.54, 1.807) is 36.4 Å². The van der Waals surface area contributed by atoms with Crippen LogP contribution in [0, 0.1) is 34.6 Å². The summed E-state index contributed by atoms with van der Waals surface area (Å²) in [5, 5.41) is 30.4. The third kappa shape index (κ3) is 4.37. The summed E-state index contributed by atoms with van der Waals surface area (Å²) in [7, 11) is 0. The smallest absolute Gasteiger partial charge is 0.134 e. The number of ether oxygens (including phenoxy) is 1. The number of nitrogens with zero attached hydrogens (tertiary/aromatic N) is 1. The van der Waals surface area contributed by atoms with Crippen LogP contribution < -0.4 is 9.64 Å². The molecular weight excluding hydrogens is 426 g/mol. The fourth-order valence-electron chi connectivity index (χ4n) is 4.47. The van der Waals surface area contributed by atoms with Crippen LogP contribution in [0.4, 0.5) is 17.1 Å². The van der Waals surface area contributed by atoms with Crippen LogP contribution in [0.15, 0.2) is 66.7 Å². The van der Waals surface area contributed by atoms with E-state index in [0.717, 1.165) is 39.3 Å². The van der Waals surface area contributed by atoms with Crippen LogP contribution in [0.2, 0.25) is 0 Å². The van der Waals surface area contributed by atoms with Crippen LogP contribution in [-0.2, 0) is 0 Å². The Morgan fingerprint density at radius 2 is 1.12 bits per heavy atom. The van der Waals surface area contributed by atoms with Crippen LogP contribution in [0.3, 0.4) is 0 Å². The Morgan fingerprint density at radius 3 is 1.65 bits per heavy atom. The lowest BCUT2D eigenvalue weighted by molar-refractivity contribution is 0.448. The largest absolute Gasteiger partial charge is 0.508 e. The number of benzene rings is 4. The molecule has 0 heterocycles. The van der Waals surface area contributed by atoms with Crippen molar-refractivity contribution >= 4 is 17.1 Å². The minimum atomic E-state index is 0.181. The molecule has 4 rings (SSSR count). The van der Waals surface area contributed by atoms with Gasteiger partial charge in [0.25, 0.3) is 0 Å². The van der Waals surface area contributed by atoms with Gasteiger partial charge in [-0.25, -0.2) is 0 Å². The average molecular weight is 456 g/mol. The Labute approximate surface area is 200 Å². The van der Waals surface area contributed by atoms with Crippen LogP contribution >= 0.6 is 0 Å². The van der Waals surface area contributed by atoms with Crippen molar-refractivity contribution in [2.75, 3.05) is 4.90 Å². The fraction of sp³-hybridized carbons (Fsp3) is 0.172. The van der Waals surface area contributed by atoms with Gasteiger partial charge in [0.2, 0.25) is 0 Å². The Balaban J connectivity index is 1.91. The predicted molar refractivity (Wildman–Crippen MR) is 136 cm³/mol. The molecule has 0 bridgehead atoms. The van der Waals surface area contributed by atoms with Crippen molar-refractivity contribution in [1.29, 1.82) is 0 Å². The van der Waals surface area contributed by atoms with Gasteiger partial charge in [0.15, 0.2) is 0 Å². The van der Waals surface area contributed by atoms with E-state index in [9.17, 15) is 15.3 Å². The highest BCUT2D eigenvalue weighted by molar-refractivity contribution is 5.84. The Bertz CT molecular complexity index is 1270. The molecule has 0 aliphatic carbocycles. The first-order valence-electron chi connectivity index (χ1n) is 11.1. The van der Waals surface area contributed by atoms with Gasteiger partial charge in [-0.1, -0.05) is 12.1 Å². The van der Waals surface area contributed by atoms with E-state index < -0.39 is 0 Å². The lowest BCUT2D eigenvalue weighted by Crippen LogP contribution is -2.15. The minimum Gasteiger partial charge on any atom is -0.508 e. The maximum absolute atomic E-state index is 10.2. The molecule has 0 atom stereocenters. The molecule has 0 saturated heterocycles. The molecule has 0 aliphatic heterocycles. The molecule has 0 radical (unpaired) electrons. The van der Waals surface area contributed by atoms with Gasteiger partial charge in [-0.15, -0.1) is 0 Å². The second kappa shape index (κ2) is 9.02. The standard InChI is InChI=1S/C29H29NO4/c1-17-12-23(31)13-18(2)28(17)30(29-19(3)14-24(32)15-20(29)4)22-8-6-9-25(16-22)34-27-11-7-10-26(33)21(27)5/h6-16,31-33H,1-5H3. The lowest BCUT2D eigenvalue weighted by Gasteiger charge is -2.31. The molecule has 0 fully saturated rings. The summed E-state index contributed by atoms with van der Waals surface area (Å²) in [6, 6.07) is 19.9. The van der Waals surface area contributed by atoms with Crippen molar-refractivity contribution in [3.05, 3.63) is 94.5 Å². The zero-order valence-electron chi connectivity index (χ0n) is 20.0. The molecule has 174 valence electrons. The highest BCUT2D eigenvalue weighted by atomic mass is 16.5. The number of hydrogen-bond donors (Lipinski definition) is 3. The summed E-state index contributed by atoms with van der Waals surface area (Å²) in [4.78, 5) is 2.14. The number of phenolic OH excluding ortho intramolecular Hbond substituents is 3. The molecule has 0 spiro atoms. The SMILES string of the molecule is Cc1cc(O)cc(C)c1N(c1cccc(Oc2cccc(O)c2C)c1)c1c(C)cc(O)cc1C. The van der Waals surface area contributed by atoms with E-state index in [0.29, 0.717) is 17.1 Å². The second-order valence-corrected chi connectivity index (χ2v) is 8.69. The lowest BCUT2D eigenvalue weighted by atomic mass is 10.0. The number of rotatable bonds is 5. The molecular formula is C29H29NO4. The van der Waals surface area contributed by atoms with E-state index in [-0.39, 0.29) is 17.2 Å². The van der Waals surface area contributed by atoms with Crippen molar-refractivity contribution in [2.24, 2.45) is 0 Å². The van der Waals surface area contributed by atoms with Crippen molar-refractivity contribution in [2.45, 2.75) is 34.6 Å². The third-order valence-electron chi connectivity index (χ3n) is 5.96. The molecule has 5 heteroatoms. The summed E-state index contributed by atoms with van der Waals surface area (Å²) >= 11 is 0. The van der Waals surface area contributed by atoms with Crippen molar-refractivity contribution in [1.82, 2.24) is 0 Å². The zero-order chi connectivity index (χ0) is 24.6. The Hall–Kier alpha value is -4.12. The molecule has 0 unspecified atom stereocenters. The van der Waals surface area contributed by atoms with Gasteiger partial charge < -0.3 is 25.0 Å². The molecule has 5 nitrogen and oxygen atoms in total. The number of anilines is 3. The van der Waals surface area contributed by atoms with Gasteiger partial charge in [-0.05, 0) is 105 Å². The van der Waals surface area contributed by atoms with Crippen molar-refractivity contribution < 1.29 is 20.1 Å². The van der Waals surface area contributed by atoms with E-state index in [4.69, 9.17) is 4.74 Å². The number of aromatic hydroxyl groups is 3. The highest BCUT2D eigenvalue weighted by Crippen LogP contribution is 2.45. The van der Waals surface area contributed by atoms with Gasteiger partial charge in [-0.2, -0.15) is 0 Å². The van der Waals surface area contributed by atoms with Crippen LogP contribution in [-0.4, -0.2) is 15.3 Å². The molecule has 0 saturated carbocycles. The molecule has 3 N–H and O–H groups in total. The summed E-state index contributed by atoms with van der Waals surface area (Å²) in [6.45, 7) is 9.69. The summed E-state index contributed by atoms with van der Waals surface area (Å²) in [5.74, 6) is 1.82. The Kier molecular flexibility index (Phi) is 6.12. The van der Waals surface area contributed by atoms with Crippen LogP contribution in [0.25, 0.3) is 0 Å². The predicted octanol–water partition coefficient (Wildman–Crippen LogP) is 7.61. The van der Waals surface area contributed by atoms with Crippen LogP contribution in [0.5, 0.6) is 28.7 Å². The zero-order valence-corrected chi connectivity index (χ0v) is 20.0. The fourth-order valence-corrected chi connectivity index (χ4v) is 4.47. The Morgan fingerprint density at radius 1 is 0.618 bits per heavy atom. The summed E-state index contributed by atoms with van der Waals surface area (Å²) in [6.07, 6.45) is 0. The van der Waals surface area contributed by atoms with E-state index >= 15 is 0 Å². The summed E-state index contributed by atoms with van der Waals surface area (Å²) in [5.41, 5.74) is 7.09. The van der Waals surface area contributed by atoms with Crippen molar-refractivity contribution in [3.8, 4) is 28.7 Å². The first-order valence-corrected chi connectivity index (χ1v) is 11.1. The molecule has 0 aromatic heterocycles. The second-order valence-electron chi connectivity index (χ2n) is 8.69. The first kappa shape index (κ1) is 23.1. The van der Waals surface area contributed by atoms with E-state index in [2.05, 4.69) is 4.90 Å². The molecule has 0 aliphatic rings. The summed E-state index contributed by atoms with van der Waals surface area (Å²) < 4.78 is 6.15. The molecule has 0 amide bonds. The first-order chi connectivity index (χ1) is 16.2. The number of aryl methyl sites for hydroxylation is 4. The maximum atomic E-state index is 10.2. The highest BCUT2D eigenvalue weighted by Gasteiger charge is 2.22. The van der Waals surface area contributed by atoms with Gasteiger partial charge >= 0.3 is 0 Å². The third-order valence-corrected chi connectivity index (χ3v) is 5.96. The van der Waals surface area contributed by atoms with Gasteiger partial charge in [0.05, 0.1) is 11.4 Å². The van der Waals surface area contributed by atoms with Gasteiger partial charge in [-0.3, -0.25) is 0 Å². The maximum Gasteiger partial charge on any atom is 0.134 e. The van der Waals surface area contributed by atoms with Gasteiger partial charge in [0, 0.05) is 17.3 Å². The van der Waals surface area contributed by atoms with E-state index in [1.165, 1.54) is 0 Å². The normalized spacial score (nSPS) is 10.9. The number of phenols is 3. The quantitative estimate of drug-likeness (QED) is 0.289. The monoisotopic (exact) mass is 455 g/mol. The van der Waals surface area contributed by atoms with Crippen molar-refractivity contribution in [3.63, 3.8) is 0 Å². The minimum absolute atomic E-state index is 0.181. The molecule has 4 aromatic carbocycles. The average Bonchev–Trinajstić information content (AvgIpc) is 2.75.